The fourth-order valence-electron chi connectivity index (χ4n) is 2.49. The second kappa shape index (κ2) is 18.9. The summed E-state index contributed by atoms with van der Waals surface area (Å²) in [5.74, 6) is -1.00. The van der Waals surface area contributed by atoms with E-state index < -0.39 is 36.8 Å². The van der Waals surface area contributed by atoms with Crippen LogP contribution < -0.4 is 0 Å². The van der Waals surface area contributed by atoms with Crippen LogP contribution in [0.25, 0.3) is 0 Å². The summed E-state index contributed by atoms with van der Waals surface area (Å²) in [5, 5.41) is 0. The lowest BCUT2D eigenvalue weighted by Gasteiger charge is -2.13. The van der Waals surface area contributed by atoms with Gasteiger partial charge < -0.3 is 28.4 Å². The van der Waals surface area contributed by atoms with E-state index in [0.29, 0.717) is 6.42 Å². The van der Waals surface area contributed by atoms with Crippen molar-refractivity contribution < 1.29 is 47.6 Å². The Hall–Kier alpha value is -2.78. The maximum absolute atomic E-state index is 11.7. The smallest absolute Gasteiger partial charge is 0.435 e. The van der Waals surface area contributed by atoms with Gasteiger partial charge in [-0.25, -0.2) is 14.4 Å². The molecule has 0 N–H and O–H groups in total. The van der Waals surface area contributed by atoms with Crippen LogP contribution in [0.2, 0.25) is 0 Å². The molecule has 0 radical (unpaired) electrons. The maximum atomic E-state index is 11.7. The number of carbonyl (C=O) groups excluding carboxylic acids is 4. The Kier molecular flexibility index (Phi) is 17.3. The van der Waals surface area contributed by atoms with Crippen molar-refractivity contribution in [3.63, 3.8) is 0 Å². The number of rotatable bonds is 16. The van der Waals surface area contributed by atoms with Crippen LogP contribution in [0.1, 0.15) is 79.1 Å². The zero-order chi connectivity index (χ0) is 24.2. The molecule has 10 nitrogen and oxygen atoms in total. The Morgan fingerprint density at radius 3 is 1.75 bits per heavy atom. The Morgan fingerprint density at radius 2 is 1.19 bits per heavy atom. The van der Waals surface area contributed by atoms with Crippen molar-refractivity contribution in [1.82, 2.24) is 0 Å². The first-order chi connectivity index (χ1) is 15.3. The fourth-order valence-corrected chi connectivity index (χ4v) is 2.49. The molecule has 0 aromatic heterocycles. The number of ether oxygens (including phenoxy) is 6. The molecular weight excluding hydrogens is 424 g/mol. The van der Waals surface area contributed by atoms with Gasteiger partial charge in [0.2, 0.25) is 12.6 Å². The van der Waals surface area contributed by atoms with Gasteiger partial charge in [0.05, 0.1) is 13.2 Å². The van der Waals surface area contributed by atoms with E-state index in [1.54, 1.807) is 19.9 Å². The average Bonchev–Trinajstić information content (AvgIpc) is 2.69. The molecule has 0 aromatic carbocycles. The summed E-state index contributed by atoms with van der Waals surface area (Å²) in [6, 6.07) is 0. The topological polar surface area (TPSA) is 124 Å². The molecule has 0 spiro atoms. The Balaban J connectivity index is 3.65. The van der Waals surface area contributed by atoms with Crippen LogP contribution in [-0.4, -0.2) is 50.0 Å². The molecule has 0 aliphatic rings. The molecule has 0 heterocycles. The van der Waals surface area contributed by atoms with Crippen LogP contribution in [0.5, 0.6) is 0 Å². The fraction of sp³-hybridized carbons (Fsp3) is 0.727. The molecule has 0 saturated heterocycles. The predicted octanol–water partition coefficient (Wildman–Crippen LogP) is 4.79. The molecule has 0 amide bonds. The molecule has 0 fully saturated rings. The largest absolute Gasteiger partial charge is 0.511 e. The number of hydrogen-bond acceptors (Lipinski definition) is 10. The monoisotopic (exact) mass is 460 g/mol. The van der Waals surface area contributed by atoms with Gasteiger partial charge in [0.15, 0.2) is 0 Å². The van der Waals surface area contributed by atoms with Gasteiger partial charge >= 0.3 is 24.2 Å². The lowest BCUT2D eigenvalue weighted by atomic mass is 10.1. The summed E-state index contributed by atoms with van der Waals surface area (Å²) in [6.45, 7) is 6.56. The van der Waals surface area contributed by atoms with Crippen molar-refractivity contribution in [1.29, 1.82) is 0 Å². The average molecular weight is 461 g/mol. The van der Waals surface area contributed by atoms with Crippen molar-refractivity contribution >= 4 is 24.2 Å². The lowest BCUT2D eigenvalue weighted by molar-refractivity contribution is -0.168. The highest BCUT2D eigenvalue weighted by Gasteiger charge is 2.14. The first-order valence-corrected chi connectivity index (χ1v) is 11.0. The molecule has 184 valence electrons. The van der Waals surface area contributed by atoms with E-state index in [1.807, 2.05) is 0 Å². The number of hydrogen-bond donors (Lipinski definition) is 0. The predicted molar refractivity (Wildman–Crippen MR) is 113 cm³/mol. The van der Waals surface area contributed by atoms with Gasteiger partial charge in [0, 0.05) is 26.3 Å². The molecule has 2 unspecified atom stereocenters. The SMILES string of the molecule is CCOC(=O)OC(C)OC(=O)C=CCCCCCCCCC(=O)OC(C)OC(=O)OCC. The van der Waals surface area contributed by atoms with Crippen LogP contribution in [-0.2, 0) is 38.0 Å². The third-order valence-corrected chi connectivity index (χ3v) is 3.88. The summed E-state index contributed by atoms with van der Waals surface area (Å²) in [5.41, 5.74) is 0. The van der Waals surface area contributed by atoms with Crippen molar-refractivity contribution in [2.75, 3.05) is 13.2 Å². The normalized spacial score (nSPS) is 12.5. The van der Waals surface area contributed by atoms with Gasteiger partial charge in [-0.2, -0.15) is 0 Å². The summed E-state index contributed by atoms with van der Waals surface area (Å²) in [7, 11) is 0. The zero-order valence-electron chi connectivity index (χ0n) is 19.5. The lowest BCUT2D eigenvalue weighted by Crippen LogP contribution is -2.22. The van der Waals surface area contributed by atoms with Crippen molar-refractivity contribution in [3.8, 4) is 0 Å². The molecule has 0 saturated carbocycles. The molecule has 2 atom stereocenters. The van der Waals surface area contributed by atoms with Gasteiger partial charge in [-0.3, -0.25) is 4.79 Å². The highest BCUT2D eigenvalue weighted by Crippen LogP contribution is 2.10. The molecule has 32 heavy (non-hydrogen) atoms. The Labute approximate surface area is 189 Å². The van der Waals surface area contributed by atoms with Crippen LogP contribution in [0.4, 0.5) is 9.59 Å². The maximum Gasteiger partial charge on any atom is 0.511 e. The van der Waals surface area contributed by atoms with E-state index in [9.17, 15) is 19.2 Å². The highest BCUT2D eigenvalue weighted by molar-refractivity contribution is 5.82. The van der Waals surface area contributed by atoms with E-state index in [2.05, 4.69) is 9.47 Å². The minimum atomic E-state index is -1.02. The van der Waals surface area contributed by atoms with Crippen LogP contribution in [0.15, 0.2) is 12.2 Å². The first kappa shape index (κ1) is 29.2. The molecule has 0 aromatic rings. The van der Waals surface area contributed by atoms with Gasteiger partial charge in [0.1, 0.15) is 0 Å². The second-order valence-electron chi connectivity index (χ2n) is 6.73. The van der Waals surface area contributed by atoms with Crippen molar-refractivity contribution in [2.45, 2.75) is 91.6 Å². The van der Waals surface area contributed by atoms with E-state index in [4.69, 9.17) is 18.9 Å². The number of carbonyl (C=O) groups is 4. The molecule has 0 aliphatic heterocycles. The molecular formula is C22H36O10. The Bertz CT molecular complexity index is 587. The quantitative estimate of drug-likeness (QED) is 0.104. The van der Waals surface area contributed by atoms with E-state index in [0.717, 1.165) is 38.5 Å². The minimum absolute atomic E-state index is 0.180. The number of esters is 2. The summed E-state index contributed by atoms with van der Waals surface area (Å²) in [4.78, 5) is 45.5. The second-order valence-corrected chi connectivity index (χ2v) is 6.73. The van der Waals surface area contributed by atoms with Gasteiger partial charge in [-0.15, -0.1) is 0 Å². The Morgan fingerprint density at radius 1 is 0.688 bits per heavy atom. The third-order valence-electron chi connectivity index (χ3n) is 3.88. The zero-order valence-corrected chi connectivity index (χ0v) is 19.5. The van der Waals surface area contributed by atoms with Crippen LogP contribution in [0, 0.1) is 0 Å². The molecule has 10 heteroatoms. The van der Waals surface area contributed by atoms with Crippen LogP contribution in [0.3, 0.4) is 0 Å². The van der Waals surface area contributed by atoms with Gasteiger partial charge in [0.25, 0.3) is 0 Å². The number of unbranched alkanes of at least 4 members (excludes halogenated alkanes) is 6. The first-order valence-electron chi connectivity index (χ1n) is 11.0. The molecule has 0 bridgehead atoms. The van der Waals surface area contributed by atoms with Crippen LogP contribution >= 0.6 is 0 Å². The third kappa shape index (κ3) is 18.0. The summed E-state index contributed by atoms with van der Waals surface area (Å²) >= 11 is 0. The van der Waals surface area contributed by atoms with Gasteiger partial charge in [-0.05, 0) is 33.1 Å². The summed E-state index contributed by atoms with van der Waals surface area (Å²) < 4.78 is 28.5. The standard InChI is InChI=1S/C22H36O10/c1-5-27-21(25)31-17(3)29-19(23)15-13-11-9-7-8-10-12-14-16-20(24)30-18(4)32-22(26)28-6-2/h13,15,17-18H,5-12,14,16H2,1-4H3. The van der Waals surface area contributed by atoms with Crippen molar-refractivity contribution in [3.05, 3.63) is 12.2 Å². The number of allylic oxidation sites excluding steroid dienone is 1. The van der Waals surface area contributed by atoms with E-state index in [1.165, 1.54) is 19.9 Å². The van der Waals surface area contributed by atoms with E-state index >= 15 is 0 Å². The minimum Gasteiger partial charge on any atom is -0.435 e. The van der Waals surface area contributed by atoms with E-state index in [-0.39, 0.29) is 19.6 Å². The highest BCUT2D eigenvalue weighted by atomic mass is 16.8. The van der Waals surface area contributed by atoms with Gasteiger partial charge in [-0.1, -0.05) is 31.8 Å². The van der Waals surface area contributed by atoms with Crippen molar-refractivity contribution in [2.24, 2.45) is 0 Å². The molecule has 0 rings (SSSR count). The summed E-state index contributed by atoms with van der Waals surface area (Å²) in [6.07, 6.45) is 5.79. The molecule has 0 aliphatic carbocycles.